The van der Waals surface area contributed by atoms with Crippen molar-refractivity contribution in [1.82, 2.24) is 4.98 Å². The summed E-state index contributed by atoms with van der Waals surface area (Å²) in [5.74, 6) is 0.528. The minimum Gasteiger partial charge on any atom is -0.258 e. The average Bonchev–Trinajstić information content (AvgIpc) is 2.37. The van der Waals surface area contributed by atoms with Crippen LogP contribution in [-0.2, 0) is 6.42 Å². The van der Waals surface area contributed by atoms with Gasteiger partial charge in [-0.1, -0.05) is 26.0 Å². The third-order valence-electron chi connectivity index (χ3n) is 3.20. The number of aromatic nitrogens is 1. The second-order valence-corrected chi connectivity index (χ2v) is 5.95. The molecular weight excluding hydrogens is 276 g/mol. The predicted molar refractivity (Wildman–Crippen MR) is 81.2 cm³/mol. The average molecular weight is 293 g/mol. The molecule has 0 bridgehead atoms. The first-order valence-electron chi connectivity index (χ1n) is 6.64. The second kappa shape index (κ2) is 6.18. The molecule has 0 saturated carbocycles. The van der Waals surface area contributed by atoms with Gasteiger partial charge in [-0.25, -0.2) is 4.98 Å². The zero-order valence-corrected chi connectivity index (χ0v) is 12.3. The minimum absolute atomic E-state index is 0.0277. The predicted octanol–water partition coefficient (Wildman–Crippen LogP) is 4.34. The molecule has 20 heavy (non-hydrogen) atoms. The molecule has 5 heteroatoms. The van der Waals surface area contributed by atoms with E-state index in [1.165, 1.54) is 6.07 Å². The Balaban J connectivity index is 2.40. The van der Waals surface area contributed by atoms with Crippen LogP contribution in [0, 0.1) is 16.0 Å². The number of hydrogen-bond donors (Lipinski definition) is 0. The lowest BCUT2D eigenvalue weighted by Gasteiger charge is -2.13. The summed E-state index contributed by atoms with van der Waals surface area (Å²) in [6.07, 6.45) is 3.19. The highest BCUT2D eigenvalue weighted by Crippen LogP contribution is 2.28. The molecule has 0 aliphatic rings. The van der Waals surface area contributed by atoms with Gasteiger partial charge in [-0.05, 0) is 30.4 Å². The van der Waals surface area contributed by atoms with Crippen LogP contribution in [0.5, 0.6) is 0 Å². The molecule has 1 unspecified atom stereocenters. The zero-order valence-electron chi connectivity index (χ0n) is 11.5. The molecule has 4 nitrogen and oxygen atoms in total. The fourth-order valence-corrected chi connectivity index (χ4v) is 2.90. The third kappa shape index (κ3) is 3.25. The van der Waals surface area contributed by atoms with Crippen molar-refractivity contribution >= 4 is 28.2 Å². The van der Waals surface area contributed by atoms with Crippen molar-refractivity contribution in [3.05, 3.63) is 46.1 Å². The van der Waals surface area contributed by atoms with Crippen molar-refractivity contribution < 1.29 is 4.92 Å². The van der Waals surface area contributed by atoms with Crippen LogP contribution in [0.25, 0.3) is 10.9 Å². The molecule has 1 atom stereocenters. The van der Waals surface area contributed by atoms with Crippen molar-refractivity contribution in [3.63, 3.8) is 0 Å². The number of rotatable bonds is 5. The highest BCUT2D eigenvalue weighted by molar-refractivity contribution is 6.20. The van der Waals surface area contributed by atoms with E-state index in [-0.39, 0.29) is 11.1 Å². The minimum atomic E-state index is -0.397. The molecule has 0 aliphatic heterocycles. The molecule has 2 rings (SSSR count). The van der Waals surface area contributed by atoms with E-state index in [9.17, 15) is 10.1 Å². The lowest BCUT2D eigenvalue weighted by atomic mass is 9.98. The maximum absolute atomic E-state index is 11.0. The maximum Gasteiger partial charge on any atom is 0.295 e. The molecule has 1 aromatic heterocycles. The van der Waals surface area contributed by atoms with Gasteiger partial charge in [0.25, 0.3) is 5.69 Å². The molecule has 0 N–H and O–H groups in total. The van der Waals surface area contributed by atoms with Gasteiger partial charge >= 0.3 is 0 Å². The van der Waals surface area contributed by atoms with Crippen LogP contribution >= 0.6 is 11.6 Å². The first-order valence-corrected chi connectivity index (χ1v) is 7.07. The number of non-ortho nitro benzene ring substituents is 1. The van der Waals surface area contributed by atoms with E-state index in [2.05, 4.69) is 18.8 Å². The van der Waals surface area contributed by atoms with E-state index in [0.717, 1.165) is 17.4 Å². The summed E-state index contributed by atoms with van der Waals surface area (Å²) < 4.78 is 0. The largest absolute Gasteiger partial charge is 0.295 e. The SMILES string of the molecule is CC(C)CC(Cl)Cc1ccc([N+](=O)[O-])c2ncccc12. The Hall–Kier alpha value is -1.68. The Labute approximate surface area is 122 Å². The van der Waals surface area contributed by atoms with Crippen LogP contribution in [0.2, 0.25) is 0 Å². The molecule has 1 heterocycles. The monoisotopic (exact) mass is 292 g/mol. The molecule has 106 valence electrons. The summed E-state index contributed by atoms with van der Waals surface area (Å²) in [5, 5.41) is 11.9. The van der Waals surface area contributed by atoms with Crippen molar-refractivity contribution in [3.8, 4) is 0 Å². The van der Waals surface area contributed by atoms with E-state index >= 15 is 0 Å². The molecule has 0 spiro atoms. The summed E-state index contributed by atoms with van der Waals surface area (Å²) in [6.45, 7) is 4.26. The first kappa shape index (κ1) is 14.7. The Morgan fingerprint density at radius 3 is 2.75 bits per heavy atom. The third-order valence-corrected chi connectivity index (χ3v) is 3.54. The molecular formula is C15H17ClN2O2. The van der Waals surface area contributed by atoms with Crippen molar-refractivity contribution in [1.29, 1.82) is 0 Å². The topological polar surface area (TPSA) is 56.0 Å². The number of nitrogens with zero attached hydrogens (tertiary/aromatic N) is 2. The highest BCUT2D eigenvalue weighted by Gasteiger charge is 2.17. The lowest BCUT2D eigenvalue weighted by Crippen LogP contribution is -2.08. The van der Waals surface area contributed by atoms with Crippen molar-refractivity contribution in [2.24, 2.45) is 5.92 Å². The van der Waals surface area contributed by atoms with E-state index < -0.39 is 4.92 Å². The number of nitro groups is 1. The van der Waals surface area contributed by atoms with E-state index in [0.29, 0.717) is 17.9 Å². The second-order valence-electron chi connectivity index (χ2n) is 5.33. The standard InChI is InChI=1S/C15H17ClN2O2/c1-10(2)8-12(16)9-11-5-6-14(18(19)20)15-13(11)4-3-7-17-15/h3-7,10,12H,8-9H2,1-2H3. The normalized spacial score (nSPS) is 12.8. The number of alkyl halides is 1. The van der Waals surface area contributed by atoms with Gasteiger partial charge in [-0.15, -0.1) is 11.6 Å². The highest BCUT2D eigenvalue weighted by atomic mass is 35.5. The number of nitro benzene ring substituents is 1. The summed E-state index contributed by atoms with van der Waals surface area (Å²) in [7, 11) is 0. The molecule has 2 aromatic rings. The molecule has 0 radical (unpaired) electrons. The Morgan fingerprint density at radius 1 is 1.35 bits per heavy atom. The van der Waals surface area contributed by atoms with Gasteiger partial charge < -0.3 is 0 Å². The van der Waals surface area contributed by atoms with Gasteiger partial charge in [0, 0.05) is 23.0 Å². The van der Waals surface area contributed by atoms with Crippen LogP contribution in [0.15, 0.2) is 30.5 Å². The number of fused-ring (bicyclic) bond motifs is 1. The number of hydrogen-bond acceptors (Lipinski definition) is 3. The Kier molecular flexibility index (Phi) is 4.55. The Bertz CT molecular complexity index is 628. The van der Waals surface area contributed by atoms with Gasteiger partial charge in [0.2, 0.25) is 0 Å². The fourth-order valence-electron chi connectivity index (χ4n) is 2.38. The van der Waals surface area contributed by atoms with Crippen LogP contribution in [0.3, 0.4) is 0 Å². The van der Waals surface area contributed by atoms with Crippen LogP contribution < -0.4 is 0 Å². The summed E-state index contributed by atoms with van der Waals surface area (Å²) in [4.78, 5) is 14.8. The van der Waals surface area contributed by atoms with Crippen molar-refractivity contribution in [2.45, 2.75) is 32.1 Å². The van der Waals surface area contributed by atoms with Gasteiger partial charge in [0.1, 0.15) is 5.52 Å². The number of halogens is 1. The molecule has 0 fully saturated rings. The fraction of sp³-hybridized carbons (Fsp3) is 0.400. The zero-order chi connectivity index (χ0) is 14.7. The number of benzene rings is 1. The van der Waals surface area contributed by atoms with Gasteiger partial charge in [-0.2, -0.15) is 0 Å². The smallest absolute Gasteiger partial charge is 0.258 e. The lowest BCUT2D eigenvalue weighted by molar-refractivity contribution is -0.383. The molecule has 0 amide bonds. The number of pyridine rings is 1. The van der Waals surface area contributed by atoms with E-state index in [1.807, 2.05) is 6.07 Å². The summed E-state index contributed by atoms with van der Waals surface area (Å²) >= 11 is 6.36. The maximum atomic E-state index is 11.0. The van der Waals surface area contributed by atoms with Crippen LogP contribution in [-0.4, -0.2) is 15.3 Å². The quantitative estimate of drug-likeness (QED) is 0.468. The van der Waals surface area contributed by atoms with Gasteiger partial charge in [-0.3, -0.25) is 10.1 Å². The Morgan fingerprint density at radius 2 is 2.10 bits per heavy atom. The molecule has 0 saturated heterocycles. The van der Waals surface area contributed by atoms with E-state index in [4.69, 9.17) is 11.6 Å². The first-order chi connectivity index (χ1) is 9.49. The molecule has 1 aromatic carbocycles. The van der Waals surface area contributed by atoms with Crippen molar-refractivity contribution in [2.75, 3.05) is 0 Å². The summed E-state index contributed by atoms with van der Waals surface area (Å²) in [5.41, 5.74) is 1.49. The van der Waals surface area contributed by atoms with Crippen LogP contribution in [0.4, 0.5) is 5.69 Å². The van der Waals surface area contributed by atoms with E-state index in [1.54, 1.807) is 18.3 Å². The van der Waals surface area contributed by atoms with Crippen LogP contribution in [0.1, 0.15) is 25.8 Å². The summed E-state index contributed by atoms with van der Waals surface area (Å²) in [6, 6.07) is 6.96. The van der Waals surface area contributed by atoms with Gasteiger partial charge in [0.05, 0.1) is 4.92 Å². The molecule has 0 aliphatic carbocycles. The van der Waals surface area contributed by atoms with Gasteiger partial charge in [0.15, 0.2) is 0 Å².